The monoisotopic (exact) mass is 406 g/mol. The number of benzene rings is 2. The number of aliphatic imine (C=N–C) groups is 1. The van der Waals surface area contributed by atoms with Crippen LogP contribution in [-0.2, 0) is 17.8 Å². The summed E-state index contributed by atoms with van der Waals surface area (Å²) in [6.07, 6.45) is 6.25. The highest BCUT2D eigenvalue weighted by molar-refractivity contribution is 5.95. The standard InChI is InChI=1S/C23H26N4O3/c1-5-16-7-6-8-19(11-16)26-22(28)14-25-23(24-2)27-10-9-17-12-20(29-3)21(30-4)13-18(17)15-27/h1,6-8,11-13H,9-10,14-15H2,2-4H3,(H,24,25)(H,26,28). The Balaban J connectivity index is 1.62. The van der Waals surface area contributed by atoms with Gasteiger partial charge in [-0.15, -0.1) is 6.42 Å². The van der Waals surface area contributed by atoms with Gasteiger partial charge in [-0.25, -0.2) is 0 Å². The third kappa shape index (κ3) is 4.84. The number of guanidine groups is 1. The molecule has 0 unspecified atom stereocenters. The topological polar surface area (TPSA) is 75.2 Å². The van der Waals surface area contributed by atoms with E-state index in [0.717, 1.165) is 29.8 Å². The van der Waals surface area contributed by atoms with Gasteiger partial charge in [0.25, 0.3) is 0 Å². The van der Waals surface area contributed by atoms with Crippen molar-refractivity contribution < 1.29 is 14.3 Å². The predicted molar refractivity (Wildman–Crippen MR) is 118 cm³/mol. The lowest BCUT2D eigenvalue weighted by Crippen LogP contribution is -2.46. The molecule has 0 spiro atoms. The van der Waals surface area contributed by atoms with Gasteiger partial charge in [-0.3, -0.25) is 9.79 Å². The molecule has 30 heavy (non-hydrogen) atoms. The van der Waals surface area contributed by atoms with Crippen LogP contribution >= 0.6 is 0 Å². The Kier molecular flexibility index (Phi) is 6.81. The molecule has 0 fully saturated rings. The molecule has 7 heteroatoms. The van der Waals surface area contributed by atoms with Gasteiger partial charge in [0.1, 0.15) is 0 Å². The van der Waals surface area contributed by atoms with E-state index in [0.29, 0.717) is 23.9 Å². The molecule has 1 aliphatic rings. The first-order chi connectivity index (χ1) is 14.6. The summed E-state index contributed by atoms with van der Waals surface area (Å²) >= 11 is 0. The minimum absolute atomic E-state index is 0.0994. The number of hydrogen-bond donors (Lipinski definition) is 2. The minimum atomic E-state index is -0.172. The summed E-state index contributed by atoms with van der Waals surface area (Å²) in [7, 11) is 4.98. The van der Waals surface area contributed by atoms with Crippen LogP contribution in [0.25, 0.3) is 0 Å². The second-order valence-corrected chi connectivity index (χ2v) is 6.82. The van der Waals surface area contributed by atoms with Crippen molar-refractivity contribution in [3.05, 3.63) is 53.1 Å². The number of ether oxygens (including phenoxy) is 2. The van der Waals surface area contributed by atoms with Crippen molar-refractivity contribution in [1.29, 1.82) is 0 Å². The van der Waals surface area contributed by atoms with E-state index in [2.05, 4.69) is 26.4 Å². The maximum absolute atomic E-state index is 12.3. The average molecular weight is 406 g/mol. The van der Waals surface area contributed by atoms with Gasteiger partial charge in [0, 0.05) is 31.4 Å². The normalized spacial score (nSPS) is 13.1. The first-order valence-corrected chi connectivity index (χ1v) is 9.63. The third-order valence-electron chi connectivity index (χ3n) is 4.95. The van der Waals surface area contributed by atoms with Crippen LogP contribution in [0.2, 0.25) is 0 Å². The average Bonchev–Trinajstić information content (AvgIpc) is 2.78. The number of nitrogens with one attached hydrogen (secondary N) is 2. The molecule has 2 aromatic rings. The molecular weight excluding hydrogens is 380 g/mol. The minimum Gasteiger partial charge on any atom is -0.493 e. The summed E-state index contributed by atoms with van der Waals surface area (Å²) in [6, 6.07) is 11.2. The van der Waals surface area contributed by atoms with Crippen molar-refractivity contribution >= 4 is 17.6 Å². The van der Waals surface area contributed by atoms with E-state index >= 15 is 0 Å². The lowest BCUT2D eigenvalue weighted by atomic mass is 9.99. The molecule has 2 aromatic carbocycles. The number of carbonyl (C=O) groups is 1. The van der Waals surface area contributed by atoms with Gasteiger partial charge in [-0.05, 0) is 47.9 Å². The number of rotatable bonds is 5. The molecule has 1 heterocycles. The fraction of sp³-hybridized carbons (Fsp3) is 0.304. The molecule has 156 valence electrons. The van der Waals surface area contributed by atoms with Crippen LogP contribution in [0.15, 0.2) is 41.4 Å². The van der Waals surface area contributed by atoms with E-state index in [1.54, 1.807) is 33.4 Å². The van der Waals surface area contributed by atoms with Gasteiger partial charge in [-0.1, -0.05) is 12.0 Å². The molecule has 2 N–H and O–H groups in total. The summed E-state index contributed by atoms with van der Waals surface area (Å²) in [5, 5.41) is 5.98. The lowest BCUT2D eigenvalue weighted by Gasteiger charge is -2.32. The van der Waals surface area contributed by atoms with E-state index in [4.69, 9.17) is 15.9 Å². The molecule has 0 aromatic heterocycles. The first-order valence-electron chi connectivity index (χ1n) is 9.63. The van der Waals surface area contributed by atoms with E-state index in [-0.39, 0.29) is 12.5 Å². The van der Waals surface area contributed by atoms with E-state index < -0.39 is 0 Å². The molecule has 0 saturated carbocycles. The van der Waals surface area contributed by atoms with Gasteiger partial charge in [-0.2, -0.15) is 0 Å². The van der Waals surface area contributed by atoms with Crippen molar-refractivity contribution in [3.8, 4) is 23.8 Å². The van der Waals surface area contributed by atoms with Crippen LogP contribution in [0, 0.1) is 12.3 Å². The van der Waals surface area contributed by atoms with Crippen molar-refractivity contribution in [2.45, 2.75) is 13.0 Å². The zero-order valence-corrected chi connectivity index (χ0v) is 17.5. The number of methoxy groups -OCH3 is 2. The molecule has 0 atom stereocenters. The molecule has 0 radical (unpaired) electrons. The predicted octanol–water partition coefficient (Wildman–Crippen LogP) is 2.26. The van der Waals surface area contributed by atoms with Gasteiger partial charge >= 0.3 is 0 Å². The first kappa shape index (κ1) is 21.1. The largest absolute Gasteiger partial charge is 0.493 e. The van der Waals surface area contributed by atoms with Crippen LogP contribution in [0.3, 0.4) is 0 Å². The van der Waals surface area contributed by atoms with Crippen molar-refractivity contribution in [3.63, 3.8) is 0 Å². The van der Waals surface area contributed by atoms with Gasteiger partial charge in [0.15, 0.2) is 17.5 Å². The summed E-state index contributed by atoms with van der Waals surface area (Å²) < 4.78 is 10.8. The molecule has 0 bridgehead atoms. The molecule has 0 aliphatic carbocycles. The smallest absolute Gasteiger partial charge is 0.243 e. The van der Waals surface area contributed by atoms with Gasteiger partial charge < -0.3 is 25.0 Å². The van der Waals surface area contributed by atoms with Crippen molar-refractivity contribution in [2.75, 3.05) is 39.7 Å². The van der Waals surface area contributed by atoms with Crippen LogP contribution < -0.4 is 20.1 Å². The molecule has 1 amide bonds. The Labute approximate surface area is 177 Å². The number of fused-ring (bicyclic) bond motifs is 1. The van der Waals surface area contributed by atoms with E-state index in [9.17, 15) is 4.79 Å². The number of nitrogens with zero attached hydrogens (tertiary/aromatic N) is 2. The van der Waals surface area contributed by atoms with Crippen LogP contribution in [-0.4, -0.2) is 51.1 Å². The van der Waals surface area contributed by atoms with Crippen LogP contribution in [0.1, 0.15) is 16.7 Å². The second kappa shape index (κ2) is 9.70. The molecule has 7 nitrogen and oxygen atoms in total. The fourth-order valence-electron chi connectivity index (χ4n) is 3.45. The number of amides is 1. The maximum Gasteiger partial charge on any atom is 0.243 e. The Bertz CT molecular complexity index is 994. The summed E-state index contributed by atoms with van der Waals surface area (Å²) in [5.74, 6) is 4.49. The zero-order valence-electron chi connectivity index (χ0n) is 17.5. The summed E-state index contributed by atoms with van der Waals surface area (Å²) in [6.45, 7) is 1.55. The van der Waals surface area contributed by atoms with Gasteiger partial charge in [0.05, 0.1) is 20.8 Å². The molecule has 3 rings (SSSR count). The maximum atomic E-state index is 12.3. The highest BCUT2D eigenvalue weighted by Crippen LogP contribution is 2.33. The Morgan fingerprint density at radius 2 is 1.93 bits per heavy atom. The van der Waals surface area contributed by atoms with E-state index in [1.807, 2.05) is 24.3 Å². The third-order valence-corrected chi connectivity index (χ3v) is 4.95. The zero-order chi connectivity index (χ0) is 21.5. The summed E-state index contributed by atoms with van der Waals surface area (Å²) in [5.41, 5.74) is 3.76. The Morgan fingerprint density at radius 1 is 1.20 bits per heavy atom. The summed E-state index contributed by atoms with van der Waals surface area (Å²) in [4.78, 5) is 18.8. The number of terminal acetylenes is 1. The molecule has 0 saturated heterocycles. The highest BCUT2D eigenvalue weighted by atomic mass is 16.5. The quantitative estimate of drug-likeness (QED) is 0.453. The van der Waals surface area contributed by atoms with Crippen molar-refractivity contribution in [2.24, 2.45) is 4.99 Å². The number of anilines is 1. The molecule has 1 aliphatic heterocycles. The SMILES string of the molecule is C#Cc1cccc(NC(=O)CNC(=NC)N2CCc3cc(OC)c(OC)cc3C2)c1. The van der Waals surface area contributed by atoms with E-state index in [1.165, 1.54) is 5.56 Å². The Morgan fingerprint density at radius 3 is 2.60 bits per heavy atom. The second-order valence-electron chi connectivity index (χ2n) is 6.82. The van der Waals surface area contributed by atoms with Gasteiger partial charge in [0.2, 0.25) is 5.91 Å². The lowest BCUT2D eigenvalue weighted by molar-refractivity contribution is -0.115. The fourth-order valence-corrected chi connectivity index (χ4v) is 3.45. The van der Waals surface area contributed by atoms with Crippen LogP contribution in [0.5, 0.6) is 11.5 Å². The van der Waals surface area contributed by atoms with Crippen LogP contribution in [0.4, 0.5) is 5.69 Å². The Hall–Kier alpha value is -3.66. The molecular formula is C23H26N4O3. The number of carbonyl (C=O) groups excluding carboxylic acids is 1. The number of hydrogen-bond acceptors (Lipinski definition) is 4. The highest BCUT2D eigenvalue weighted by Gasteiger charge is 2.22. The van der Waals surface area contributed by atoms with Crippen molar-refractivity contribution in [1.82, 2.24) is 10.2 Å².